The molecule has 0 saturated heterocycles. The highest BCUT2D eigenvalue weighted by Crippen LogP contribution is 2.46. The fourth-order valence-corrected chi connectivity index (χ4v) is 10.7. The van der Waals surface area contributed by atoms with Gasteiger partial charge in [-0.05, 0) is 104 Å². The van der Waals surface area contributed by atoms with Crippen LogP contribution in [0.15, 0.2) is 194 Å². The lowest BCUT2D eigenvalue weighted by Crippen LogP contribution is -2.31. The first-order valence-electron chi connectivity index (χ1n) is 26.0. The Labute approximate surface area is 434 Å². The molecule has 73 heavy (non-hydrogen) atoms. The Bertz CT molecular complexity index is 3510. The van der Waals surface area contributed by atoms with Crippen molar-refractivity contribution < 1.29 is 4.74 Å². The first kappa shape index (κ1) is 49.2. The number of rotatable bonds is 10. The summed E-state index contributed by atoms with van der Waals surface area (Å²) in [4.78, 5) is 10.1. The molecule has 0 aliphatic carbocycles. The zero-order valence-electron chi connectivity index (χ0n) is 45.3. The van der Waals surface area contributed by atoms with Crippen LogP contribution in [0.2, 0.25) is 0 Å². The van der Waals surface area contributed by atoms with Crippen molar-refractivity contribution in [3.05, 3.63) is 227 Å². The first-order chi connectivity index (χ1) is 34.6. The molecule has 7 aromatic carbocycles. The van der Waals surface area contributed by atoms with Crippen LogP contribution in [-0.2, 0) is 21.7 Å². The summed E-state index contributed by atoms with van der Waals surface area (Å²) in [6.07, 6.45) is 4.34. The number of fused-ring (bicyclic) bond motifs is 3. The third kappa shape index (κ3) is 9.47. The minimum absolute atomic E-state index is 0.0385. The van der Waals surface area contributed by atoms with E-state index in [4.69, 9.17) is 9.72 Å². The molecule has 5 heteroatoms. The molecular weight excluding hydrogens is 889 g/mol. The summed E-state index contributed by atoms with van der Waals surface area (Å²) in [7, 11) is 0. The molecule has 1 aliphatic rings. The van der Waals surface area contributed by atoms with Crippen LogP contribution in [0.5, 0.6) is 11.5 Å². The summed E-state index contributed by atoms with van der Waals surface area (Å²) in [5.41, 5.74) is 14.5. The predicted molar refractivity (Wildman–Crippen MR) is 309 cm³/mol. The van der Waals surface area contributed by atoms with Crippen molar-refractivity contribution in [2.75, 3.05) is 16.5 Å². The number of benzene rings is 7. The number of para-hydroxylation sites is 1. The molecule has 5 nitrogen and oxygen atoms in total. The van der Waals surface area contributed by atoms with Crippen LogP contribution in [0.1, 0.15) is 123 Å². The zero-order valence-corrected chi connectivity index (χ0v) is 45.3. The van der Waals surface area contributed by atoms with Crippen LogP contribution in [0.3, 0.4) is 0 Å². The Hall–Kier alpha value is -7.37. The van der Waals surface area contributed by atoms with Gasteiger partial charge in [0.25, 0.3) is 0 Å². The van der Waals surface area contributed by atoms with E-state index in [0.29, 0.717) is 6.67 Å². The third-order valence-corrected chi connectivity index (χ3v) is 15.3. The second kappa shape index (κ2) is 18.3. The van der Waals surface area contributed by atoms with Crippen molar-refractivity contribution in [1.29, 1.82) is 0 Å². The summed E-state index contributed by atoms with van der Waals surface area (Å²) in [6, 6.07) is 64.1. The van der Waals surface area contributed by atoms with E-state index >= 15 is 0 Å². The highest BCUT2D eigenvalue weighted by molar-refractivity contribution is 6.11. The van der Waals surface area contributed by atoms with E-state index in [2.05, 4.69) is 287 Å². The summed E-state index contributed by atoms with van der Waals surface area (Å²) in [5, 5.41) is 2.41. The number of pyridine rings is 1. The quantitative estimate of drug-likeness (QED) is 0.137. The van der Waals surface area contributed by atoms with Crippen molar-refractivity contribution in [3.8, 4) is 28.4 Å². The molecule has 0 saturated carbocycles. The Morgan fingerprint density at radius 1 is 0.438 bits per heavy atom. The molecule has 0 radical (unpaired) electrons. The van der Waals surface area contributed by atoms with Crippen LogP contribution in [-0.4, -0.2) is 16.2 Å². The minimum atomic E-state index is -0.344. The van der Waals surface area contributed by atoms with E-state index in [-0.39, 0.29) is 27.1 Å². The van der Waals surface area contributed by atoms with Crippen LogP contribution >= 0.6 is 0 Å². The SMILES string of the molecule is CC(C)(C)C1=CN(c2cc(-c3ccccc3)cc(C(C)(C)C)c2)CN1c1cc(Oc2cc(C(C)(C)C)c3c4ccccc4n(-c4cc(C(C)(C)c5ccccc5)ccn4)c3c2)cc(C(C)(C)c2ccccc2)c1. The van der Waals surface area contributed by atoms with E-state index in [1.54, 1.807) is 0 Å². The number of anilines is 2. The van der Waals surface area contributed by atoms with Gasteiger partial charge in [0, 0.05) is 68.6 Å². The topological polar surface area (TPSA) is 33.5 Å². The van der Waals surface area contributed by atoms with E-state index < -0.39 is 0 Å². The molecule has 0 unspecified atom stereocenters. The van der Waals surface area contributed by atoms with Crippen molar-refractivity contribution in [2.24, 2.45) is 5.41 Å². The smallest absolute Gasteiger partial charge is 0.137 e. The van der Waals surface area contributed by atoms with Gasteiger partial charge in [0.05, 0.1) is 17.7 Å². The molecule has 0 spiro atoms. The highest BCUT2D eigenvalue weighted by Gasteiger charge is 2.35. The van der Waals surface area contributed by atoms with Crippen LogP contribution in [0.25, 0.3) is 38.8 Å². The van der Waals surface area contributed by atoms with E-state index in [0.717, 1.165) is 34.0 Å². The molecule has 0 bridgehead atoms. The van der Waals surface area contributed by atoms with Crippen LogP contribution in [0.4, 0.5) is 11.4 Å². The molecule has 0 N–H and O–H groups in total. The molecular formula is C68H72N4O. The number of hydrogen-bond donors (Lipinski definition) is 0. The van der Waals surface area contributed by atoms with Gasteiger partial charge in [-0.25, -0.2) is 4.98 Å². The maximum Gasteiger partial charge on any atom is 0.137 e. The van der Waals surface area contributed by atoms with Gasteiger partial charge in [0.1, 0.15) is 17.3 Å². The number of allylic oxidation sites excluding steroid dienone is 1. The van der Waals surface area contributed by atoms with Gasteiger partial charge in [-0.2, -0.15) is 0 Å². The fourth-order valence-electron chi connectivity index (χ4n) is 10.7. The Kier molecular flexibility index (Phi) is 12.3. The van der Waals surface area contributed by atoms with Gasteiger partial charge >= 0.3 is 0 Å². The largest absolute Gasteiger partial charge is 0.457 e. The van der Waals surface area contributed by atoms with Crippen molar-refractivity contribution in [1.82, 2.24) is 9.55 Å². The minimum Gasteiger partial charge on any atom is -0.457 e. The Morgan fingerprint density at radius 2 is 1.03 bits per heavy atom. The zero-order chi connectivity index (χ0) is 51.7. The maximum atomic E-state index is 7.37. The van der Waals surface area contributed by atoms with E-state index in [1.807, 2.05) is 6.20 Å². The molecule has 0 fully saturated rings. The molecule has 370 valence electrons. The lowest BCUT2D eigenvalue weighted by Gasteiger charge is -2.33. The molecule has 2 aromatic heterocycles. The fraction of sp³-hybridized carbons (Fsp3) is 0.279. The van der Waals surface area contributed by atoms with Crippen molar-refractivity contribution in [3.63, 3.8) is 0 Å². The van der Waals surface area contributed by atoms with Crippen LogP contribution < -0.4 is 14.5 Å². The molecule has 3 heterocycles. The van der Waals surface area contributed by atoms with Crippen molar-refractivity contribution >= 4 is 33.2 Å². The lowest BCUT2D eigenvalue weighted by atomic mass is 9.78. The monoisotopic (exact) mass is 961 g/mol. The number of hydrogen-bond acceptors (Lipinski definition) is 4. The van der Waals surface area contributed by atoms with Gasteiger partial charge < -0.3 is 14.5 Å². The average Bonchev–Trinajstić information content (AvgIpc) is 3.98. The molecule has 9 aromatic rings. The first-order valence-corrected chi connectivity index (χ1v) is 26.0. The molecule has 0 amide bonds. The van der Waals surface area contributed by atoms with Gasteiger partial charge in [0.15, 0.2) is 0 Å². The molecule has 10 rings (SSSR count). The average molecular weight is 961 g/mol. The normalized spacial score (nSPS) is 13.8. The standard InChI is InChI=1S/C68H72N4O/c1-64(2,3)51-35-47(46-25-17-14-18-26-46)36-53(37-51)70-44-61(66(7,8)9)71(45-70)54-38-52(68(12,13)49-29-21-16-22-30-49)39-55(41-54)73-56-42-58(65(4,5)6)63-57-31-23-24-32-59(57)72(60(63)43-56)62-40-50(33-34-69-62)67(10,11)48-27-19-15-20-28-48/h14-44H,45H2,1-13H3. The summed E-state index contributed by atoms with van der Waals surface area (Å²) in [6.45, 7) is 30.7. The van der Waals surface area contributed by atoms with Crippen LogP contribution in [0, 0.1) is 5.41 Å². The predicted octanol–water partition coefficient (Wildman–Crippen LogP) is 18.1. The molecule has 0 atom stereocenters. The second-order valence-electron chi connectivity index (χ2n) is 24.4. The second-order valence-corrected chi connectivity index (χ2v) is 24.4. The number of aromatic nitrogens is 2. The van der Waals surface area contributed by atoms with Gasteiger partial charge in [-0.1, -0.05) is 205 Å². The summed E-state index contributed by atoms with van der Waals surface area (Å²) >= 11 is 0. The summed E-state index contributed by atoms with van der Waals surface area (Å²) in [5.74, 6) is 2.45. The van der Waals surface area contributed by atoms with E-state index in [9.17, 15) is 0 Å². The third-order valence-electron chi connectivity index (χ3n) is 15.3. The Morgan fingerprint density at radius 3 is 1.66 bits per heavy atom. The van der Waals surface area contributed by atoms with Gasteiger partial charge in [0.2, 0.25) is 0 Å². The summed E-state index contributed by atoms with van der Waals surface area (Å²) < 4.78 is 9.72. The van der Waals surface area contributed by atoms with Crippen molar-refractivity contribution in [2.45, 2.75) is 112 Å². The maximum absolute atomic E-state index is 7.37. The number of nitrogens with zero attached hydrogens (tertiary/aromatic N) is 4. The highest BCUT2D eigenvalue weighted by atomic mass is 16.5. The van der Waals surface area contributed by atoms with Gasteiger partial charge in [-0.15, -0.1) is 0 Å². The lowest BCUT2D eigenvalue weighted by molar-refractivity contribution is 0.475. The number of ether oxygens (including phenoxy) is 1. The Balaban J connectivity index is 1.13. The van der Waals surface area contributed by atoms with E-state index in [1.165, 1.54) is 66.7 Å². The van der Waals surface area contributed by atoms with Gasteiger partial charge in [-0.3, -0.25) is 4.57 Å². The molecule has 1 aliphatic heterocycles.